The fraction of sp³-hybridized carbons (Fsp3) is 0.812. The number of halogens is 1. The molecule has 1 heterocycles. The summed E-state index contributed by atoms with van der Waals surface area (Å²) in [6.45, 7) is 8.38. The molecule has 0 unspecified atom stereocenters. The van der Waals surface area contributed by atoms with E-state index in [1.54, 1.807) is 0 Å². The molecule has 1 saturated carbocycles. The Bertz CT molecular complexity index is 420. The topological polar surface area (TPSA) is 29.9 Å². The lowest BCUT2D eigenvalue weighted by Crippen LogP contribution is -2.33. The van der Waals surface area contributed by atoms with Crippen LogP contribution in [0, 0.1) is 12.8 Å². The fourth-order valence-electron chi connectivity index (χ4n) is 3.34. The zero-order valence-electron chi connectivity index (χ0n) is 13.1. The van der Waals surface area contributed by atoms with Crippen LogP contribution in [0.25, 0.3) is 0 Å². The molecule has 0 spiro atoms. The van der Waals surface area contributed by atoms with Gasteiger partial charge in [-0.05, 0) is 61.4 Å². The molecule has 0 bridgehead atoms. The molecule has 1 aliphatic rings. The molecule has 20 heavy (non-hydrogen) atoms. The Morgan fingerprint density at radius 3 is 2.55 bits per heavy atom. The molecule has 1 aromatic rings. The predicted octanol–water partition coefficient (Wildman–Crippen LogP) is 4.42. The Kier molecular flexibility index (Phi) is 6.09. The number of hydrogen-bond donors (Lipinski definition) is 1. The molecule has 0 saturated heterocycles. The highest BCUT2D eigenvalue weighted by atomic mass is 79.9. The van der Waals surface area contributed by atoms with E-state index in [0.717, 1.165) is 24.7 Å². The summed E-state index contributed by atoms with van der Waals surface area (Å²) in [4.78, 5) is 0. The first-order valence-electron chi connectivity index (χ1n) is 8.10. The molecule has 2 rings (SSSR count). The summed E-state index contributed by atoms with van der Waals surface area (Å²) < 4.78 is 3.28. The van der Waals surface area contributed by atoms with Gasteiger partial charge in [0.15, 0.2) is 0 Å². The first-order valence-corrected chi connectivity index (χ1v) is 8.90. The van der Waals surface area contributed by atoms with Crippen molar-refractivity contribution in [3.8, 4) is 0 Å². The number of aromatic nitrogens is 2. The van der Waals surface area contributed by atoms with Gasteiger partial charge in [0, 0.05) is 19.1 Å². The maximum Gasteiger partial charge on any atom is 0.0739 e. The SMILES string of the molecule is CCCC1CCC(NCc2c(Br)c(C)nn2CC)CC1. The first kappa shape index (κ1) is 16.0. The predicted molar refractivity (Wildman–Crippen MR) is 87.8 cm³/mol. The summed E-state index contributed by atoms with van der Waals surface area (Å²) in [5.41, 5.74) is 2.39. The van der Waals surface area contributed by atoms with Crippen LogP contribution in [0.1, 0.15) is 63.8 Å². The molecule has 1 aliphatic carbocycles. The van der Waals surface area contributed by atoms with Crippen LogP contribution < -0.4 is 5.32 Å². The molecule has 1 N–H and O–H groups in total. The quantitative estimate of drug-likeness (QED) is 0.829. The van der Waals surface area contributed by atoms with Crippen molar-refractivity contribution >= 4 is 15.9 Å². The van der Waals surface area contributed by atoms with Crippen molar-refractivity contribution in [1.29, 1.82) is 0 Å². The van der Waals surface area contributed by atoms with Gasteiger partial charge in [-0.25, -0.2) is 0 Å². The van der Waals surface area contributed by atoms with Crippen LogP contribution in [0.15, 0.2) is 4.47 Å². The highest BCUT2D eigenvalue weighted by Crippen LogP contribution is 2.28. The van der Waals surface area contributed by atoms with Crippen LogP contribution in [0.2, 0.25) is 0 Å². The average Bonchev–Trinajstić information content (AvgIpc) is 2.74. The fourth-order valence-corrected chi connectivity index (χ4v) is 3.77. The van der Waals surface area contributed by atoms with Gasteiger partial charge in [0.1, 0.15) is 0 Å². The minimum absolute atomic E-state index is 0.690. The Morgan fingerprint density at radius 1 is 1.25 bits per heavy atom. The number of hydrogen-bond acceptors (Lipinski definition) is 2. The van der Waals surface area contributed by atoms with Crippen LogP contribution in [-0.4, -0.2) is 15.8 Å². The van der Waals surface area contributed by atoms with Gasteiger partial charge in [-0.15, -0.1) is 0 Å². The van der Waals surface area contributed by atoms with E-state index in [-0.39, 0.29) is 0 Å². The summed E-state index contributed by atoms with van der Waals surface area (Å²) in [5.74, 6) is 0.980. The Labute approximate surface area is 131 Å². The monoisotopic (exact) mass is 341 g/mol. The van der Waals surface area contributed by atoms with Crippen LogP contribution >= 0.6 is 15.9 Å². The number of rotatable bonds is 6. The van der Waals surface area contributed by atoms with Gasteiger partial charge in [0.05, 0.1) is 15.9 Å². The zero-order valence-corrected chi connectivity index (χ0v) is 14.7. The molecule has 1 aromatic heterocycles. The molecule has 4 heteroatoms. The molecule has 3 nitrogen and oxygen atoms in total. The normalized spacial score (nSPS) is 23.2. The zero-order chi connectivity index (χ0) is 14.5. The average molecular weight is 342 g/mol. The van der Waals surface area contributed by atoms with Crippen molar-refractivity contribution in [2.75, 3.05) is 0 Å². The smallest absolute Gasteiger partial charge is 0.0739 e. The molecule has 0 amide bonds. The number of nitrogens with one attached hydrogen (secondary N) is 1. The van der Waals surface area contributed by atoms with Gasteiger partial charge in [0.25, 0.3) is 0 Å². The number of nitrogens with zero attached hydrogens (tertiary/aromatic N) is 2. The van der Waals surface area contributed by atoms with E-state index in [2.05, 4.69) is 51.8 Å². The molecule has 1 fully saturated rings. The molecule has 0 radical (unpaired) electrons. The van der Waals surface area contributed by atoms with Crippen LogP contribution in [-0.2, 0) is 13.1 Å². The van der Waals surface area contributed by atoms with Gasteiger partial charge in [-0.3, -0.25) is 4.68 Å². The van der Waals surface area contributed by atoms with Crippen molar-refractivity contribution in [1.82, 2.24) is 15.1 Å². The molecule has 0 aromatic carbocycles. The third-order valence-electron chi connectivity index (χ3n) is 4.55. The lowest BCUT2D eigenvalue weighted by atomic mass is 9.83. The Morgan fingerprint density at radius 2 is 1.95 bits per heavy atom. The second kappa shape index (κ2) is 7.60. The molecule has 0 atom stereocenters. The first-order chi connectivity index (χ1) is 9.65. The van der Waals surface area contributed by atoms with E-state index in [9.17, 15) is 0 Å². The van der Waals surface area contributed by atoms with E-state index in [1.165, 1.54) is 48.7 Å². The Hall–Kier alpha value is -0.350. The van der Waals surface area contributed by atoms with E-state index in [0.29, 0.717) is 6.04 Å². The Balaban J connectivity index is 1.84. The maximum absolute atomic E-state index is 4.56. The molecule has 114 valence electrons. The van der Waals surface area contributed by atoms with Crippen molar-refractivity contribution in [3.63, 3.8) is 0 Å². The van der Waals surface area contributed by atoms with Crippen LogP contribution in [0.5, 0.6) is 0 Å². The van der Waals surface area contributed by atoms with Gasteiger partial charge >= 0.3 is 0 Å². The van der Waals surface area contributed by atoms with Gasteiger partial charge < -0.3 is 5.32 Å². The van der Waals surface area contributed by atoms with Gasteiger partial charge in [0.2, 0.25) is 0 Å². The van der Waals surface area contributed by atoms with Gasteiger partial charge in [-0.1, -0.05) is 19.8 Å². The number of aryl methyl sites for hydroxylation is 2. The van der Waals surface area contributed by atoms with E-state index in [1.807, 2.05) is 0 Å². The summed E-state index contributed by atoms with van der Waals surface area (Å²) in [7, 11) is 0. The molecule has 0 aliphatic heterocycles. The molecular weight excluding hydrogens is 314 g/mol. The molecular formula is C16H28BrN3. The van der Waals surface area contributed by atoms with E-state index < -0.39 is 0 Å². The van der Waals surface area contributed by atoms with Crippen LogP contribution in [0.3, 0.4) is 0 Å². The van der Waals surface area contributed by atoms with E-state index >= 15 is 0 Å². The highest BCUT2D eigenvalue weighted by Gasteiger charge is 2.21. The van der Waals surface area contributed by atoms with Crippen molar-refractivity contribution in [2.24, 2.45) is 5.92 Å². The summed E-state index contributed by atoms with van der Waals surface area (Å²) >= 11 is 3.67. The standard InChI is InChI=1S/C16H28BrN3/c1-4-6-13-7-9-14(10-8-13)18-11-15-16(17)12(3)19-20(15)5-2/h13-14,18H,4-11H2,1-3H3. The van der Waals surface area contributed by atoms with Gasteiger partial charge in [-0.2, -0.15) is 5.10 Å². The van der Waals surface area contributed by atoms with Crippen LogP contribution in [0.4, 0.5) is 0 Å². The lowest BCUT2D eigenvalue weighted by molar-refractivity contribution is 0.276. The highest BCUT2D eigenvalue weighted by molar-refractivity contribution is 9.10. The van der Waals surface area contributed by atoms with Crippen molar-refractivity contribution in [2.45, 2.75) is 78.4 Å². The van der Waals surface area contributed by atoms with Crippen molar-refractivity contribution < 1.29 is 0 Å². The van der Waals surface area contributed by atoms with Crippen molar-refractivity contribution in [3.05, 3.63) is 15.9 Å². The van der Waals surface area contributed by atoms with E-state index in [4.69, 9.17) is 0 Å². The minimum Gasteiger partial charge on any atom is -0.308 e. The second-order valence-corrected chi connectivity index (χ2v) is 6.84. The lowest BCUT2D eigenvalue weighted by Gasteiger charge is -2.29. The maximum atomic E-state index is 4.56. The summed E-state index contributed by atoms with van der Waals surface area (Å²) in [6, 6.07) is 0.690. The minimum atomic E-state index is 0.690. The largest absolute Gasteiger partial charge is 0.308 e. The summed E-state index contributed by atoms with van der Waals surface area (Å²) in [5, 5.41) is 8.30. The third kappa shape index (κ3) is 3.85. The third-order valence-corrected chi connectivity index (χ3v) is 5.59. The second-order valence-electron chi connectivity index (χ2n) is 6.05. The summed E-state index contributed by atoms with van der Waals surface area (Å²) in [6.07, 6.45) is 8.23.